The molecule has 1 aliphatic heterocycles. The number of hydrogen-bond donors (Lipinski definition) is 0. The molecule has 0 saturated carbocycles. The van der Waals surface area contributed by atoms with Gasteiger partial charge in [0.1, 0.15) is 35.2 Å². The second-order valence-electron chi connectivity index (χ2n) is 5.95. The topological polar surface area (TPSA) is 46.2 Å². The van der Waals surface area contributed by atoms with Crippen LogP contribution in [0.15, 0.2) is 48.5 Å². The molecular weight excluding hydrogens is 320 g/mol. The molecule has 1 saturated heterocycles. The smallest absolute Gasteiger partial charge is 0.122 e. The minimum absolute atomic E-state index is 0.0258. The summed E-state index contributed by atoms with van der Waals surface area (Å²) in [7, 11) is 3.30. The lowest BCUT2D eigenvalue weighted by molar-refractivity contribution is 0.0363. The maximum Gasteiger partial charge on any atom is 0.122 e. The summed E-state index contributed by atoms with van der Waals surface area (Å²) in [5.74, 6) is 3.28. The van der Waals surface area contributed by atoms with Crippen molar-refractivity contribution in [2.75, 3.05) is 27.4 Å². The van der Waals surface area contributed by atoms with E-state index in [2.05, 4.69) is 0 Å². The van der Waals surface area contributed by atoms with E-state index in [9.17, 15) is 0 Å². The molecule has 1 heterocycles. The SMILES string of the molecule is COc1ccc(OC2CCC(Oc3ccc(OC)cc3)COC2)cc1. The molecule has 2 aromatic rings. The van der Waals surface area contributed by atoms with Crippen LogP contribution >= 0.6 is 0 Å². The first kappa shape index (κ1) is 17.4. The molecule has 0 N–H and O–H groups in total. The molecule has 2 unspecified atom stereocenters. The van der Waals surface area contributed by atoms with Crippen molar-refractivity contribution in [1.82, 2.24) is 0 Å². The summed E-state index contributed by atoms with van der Waals surface area (Å²) >= 11 is 0. The van der Waals surface area contributed by atoms with Gasteiger partial charge in [-0.3, -0.25) is 0 Å². The van der Waals surface area contributed by atoms with Crippen molar-refractivity contribution in [3.8, 4) is 23.0 Å². The van der Waals surface area contributed by atoms with Crippen LogP contribution in [0.5, 0.6) is 23.0 Å². The fraction of sp³-hybridized carbons (Fsp3) is 0.400. The Balaban J connectivity index is 1.50. The number of ether oxygens (including phenoxy) is 5. The lowest BCUT2D eigenvalue weighted by atomic mass is 10.1. The van der Waals surface area contributed by atoms with Crippen LogP contribution in [0.4, 0.5) is 0 Å². The molecule has 0 bridgehead atoms. The van der Waals surface area contributed by atoms with Crippen molar-refractivity contribution in [1.29, 1.82) is 0 Å². The van der Waals surface area contributed by atoms with E-state index in [1.54, 1.807) is 14.2 Å². The molecule has 1 fully saturated rings. The third-order valence-corrected chi connectivity index (χ3v) is 4.14. The van der Waals surface area contributed by atoms with Gasteiger partial charge in [-0.15, -0.1) is 0 Å². The molecule has 134 valence electrons. The van der Waals surface area contributed by atoms with E-state index >= 15 is 0 Å². The Kier molecular flexibility index (Phi) is 6.01. The minimum Gasteiger partial charge on any atom is -0.497 e. The van der Waals surface area contributed by atoms with Gasteiger partial charge in [-0.2, -0.15) is 0 Å². The molecular formula is C20H24O5. The predicted molar refractivity (Wildman–Crippen MR) is 94.9 cm³/mol. The van der Waals surface area contributed by atoms with Gasteiger partial charge >= 0.3 is 0 Å². The van der Waals surface area contributed by atoms with Gasteiger partial charge in [0.25, 0.3) is 0 Å². The third kappa shape index (κ3) is 5.03. The lowest BCUT2D eigenvalue weighted by Crippen LogP contribution is -2.21. The van der Waals surface area contributed by atoms with Crippen molar-refractivity contribution >= 4 is 0 Å². The van der Waals surface area contributed by atoms with Crippen LogP contribution in [-0.4, -0.2) is 39.6 Å². The zero-order valence-electron chi connectivity index (χ0n) is 14.6. The van der Waals surface area contributed by atoms with Crippen LogP contribution in [0.1, 0.15) is 12.8 Å². The van der Waals surface area contributed by atoms with Crippen molar-refractivity contribution in [3.05, 3.63) is 48.5 Å². The maximum atomic E-state index is 6.01. The van der Waals surface area contributed by atoms with Gasteiger partial charge in [-0.1, -0.05) is 0 Å². The molecule has 2 aromatic carbocycles. The zero-order valence-corrected chi connectivity index (χ0v) is 14.6. The van der Waals surface area contributed by atoms with Crippen molar-refractivity contribution in [3.63, 3.8) is 0 Å². The predicted octanol–water partition coefficient (Wildman–Crippen LogP) is 3.71. The molecule has 1 aliphatic rings. The van der Waals surface area contributed by atoms with E-state index in [4.69, 9.17) is 23.7 Å². The van der Waals surface area contributed by atoms with Crippen LogP contribution in [0, 0.1) is 0 Å². The second kappa shape index (κ2) is 8.62. The number of methoxy groups -OCH3 is 2. The van der Waals surface area contributed by atoms with E-state index in [0.717, 1.165) is 35.8 Å². The van der Waals surface area contributed by atoms with Crippen LogP contribution in [0.2, 0.25) is 0 Å². The quantitative estimate of drug-likeness (QED) is 0.799. The van der Waals surface area contributed by atoms with Crippen LogP contribution in [0.3, 0.4) is 0 Å². The Morgan fingerprint density at radius 3 is 1.36 bits per heavy atom. The Bertz CT molecular complexity index is 581. The largest absolute Gasteiger partial charge is 0.497 e. The third-order valence-electron chi connectivity index (χ3n) is 4.14. The molecule has 5 nitrogen and oxygen atoms in total. The van der Waals surface area contributed by atoms with E-state index < -0.39 is 0 Å². The summed E-state index contributed by atoms with van der Waals surface area (Å²) in [6, 6.07) is 15.2. The van der Waals surface area contributed by atoms with E-state index in [1.807, 2.05) is 48.5 Å². The summed E-state index contributed by atoms with van der Waals surface area (Å²) in [6.45, 7) is 1.13. The zero-order chi connectivity index (χ0) is 17.5. The molecule has 25 heavy (non-hydrogen) atoms. The molecule has 3 rings (SSSR count). The average molecular weight is 344 g/mol. The fourth-order valence-electron chi connectivity index (χ4n) is 2.75. The van der Waals surface area contributed by atoms with Crippen LogP contribution in [-0.2, 0) is 4.74 Å². The highest BCUT2D eigenvalue weighted by molar-refractivity contribution is 5.32. The first-order chi connectivity index (χ1) is 12.3. The fourth-order valence-corrected chi connectivity index (χ4v) is 2.75. The Labute approximate surface area is 148 Å². The lowest BCUT2D eigenvalue weighted by Gasteiger charge is -2.17. The molecule has 5 heteroatoms. The number of hydrogen-bond acceptors (Lipinski definition) is 5. The molecule has 0 spiro atoms. The van der Waals surface area contributed by atoms with Gasteiger partial charge in [-0.05, 0) is 61.4 Å². The Hall–Kier alpha value is -2.40. The molecule has 0 aromatic heterocycles. The minimum atomic E-state index is 0.0258. The van der Waals surface area contributed by atoms with E-state index in [-0.39, 0.29) is 12.2 Å². The molecule has 0 amide bonds. The summed E-state index contributed by atoms with van der Waals surface area (Å²) in [5, 5.41) is 0. The van der Waals surface area contributed by atoms with Crippen molar-refractivity contribution in [2.24, 2.45) is 0 Å². The van der Waals surface area contributed by atoms with Crippen LogP contribution < -0.4 is 18.9 Å². The summed E-state index contributed by atoms with van der Waals surface area (Å²) in [4.78, 5) is 0. The van der Waals surface area contributed by atoms with E-state index in [1.165, 1.54) is 0 Å². The van der Waals surface area contributed by atoms with Gasteiger partial charge in [-0.25, -0.2) is 0 Å². The van der Waals surface area contributed by atoms with Gasteiger partial charge < -0.3 is 23.7 Å². The Morgan fingerprint density at radius 2 is 1.00 bits per heavy atom. The Morgan fingerprint density at radius 1 is 0.640 bits per heavy atom. The monoisotopic (exact) mass is 344 g/mol. The number of rotatable bonds is 6. The maximum absolute atomic E-state index is 6.01. The summed E-state index contributed by atoms with van der Waals surface area (Å²) in [5.41, 5.74) is 0. The number of benzene rings is 2. The second-order valence-corrected chi connectivity index (χ2v) is 5.95. The standard InChI is InChI=1S/C20H24O5/c1-21-15-3-7-17(8-4-15)24-19-11-12-20(14-23-13-19)25-18-9-5-16(22-2)6-10-18/h3-10,19-20H,11-14H2,1-2H3. The molecule has 0 aliphatic carbocycles. The highest BCUT2D eigenvalue weighted by Gasteiger charge is 2.22. The van der Waals surface area contributed by atoms with Crippen molar-refractivity contribution in [2.45, 2.75) is 25.0 Å². The van der Waals surface area contributed by atoms with Gasteiger partial charge in [0.05, 0.1) is 27.4 Å². The van der Waals surface area contributed by atoms with Gasteiger partial charge in [0, 0.05) is 0 Å². The summed E-state index contributed by atoms with van der Waals surface area (Å²) < 4.78 is 28.1. The molecule has 0 radical (unpaired) electrons. The van der Waals surface area contributed by atoms with Gasteiger partial charge in [0.15, 0.2) is 0 Å². The summed E-state index contributed by atoms with van der Waals surface area (Å²) in [6.07, 6.45) is 1.82. The molecule has 2 atom stereocenters. The first-order valence-corrected chi connectivity index (χ1v) is 8.46. The van der Waals surface area contributed by atoms with Gasteiger partial charge in [0.2, 0.25) is 0 Å². The van der Waals surface area contributed by atoms with Crippen molar-refractivity contribution < 1.29 is 23.7 Å². The highest BCUT2D eigenvalue weighted by Crippen LogP contribution is 2.23. The van der Waals surface area contributed by atoms with Crippen LogP contribution in [0.25, 0.3) is 0 Å². The normalized spacial score (nSPS) is 20.4. The first-order valence-electron chi connectivity index (χ1n) is 8.46. The van der Waals surface area contributed by atoms with E-state index in [0.29, 0.717) is 13.2 Å². The average Bonchev–Trinajstić information content (AvgIpc) is 2.88. The highest BCUT2D eigenvalue weighted by atomic mass is 16.6.